The van der Waals surface area contributed by atoms with Gasteiger partial charge in [0.25, 0.3) is 0 Å². The maximum atomic E-state index is 11.6. The van der Waals surface area contributed by atoms with Crippen molar-refractivity contribution < 1.29 is 16.8 Å². The van der Waals surface area contributed by atoms with Crippen molar-refractivity contribution in [3.8, 4) is 0 Å². The number of hydrogen-bond acceptors (Lipinski definition) is 5. The molecule has 0 aliphatic heterocycles. The Kier molecular flexibility index (Phi) is 3.95. The van der Waals surface area contributed by atoms with Gasteiger partial charge in [-0.3, -0.25) is 0 Å². The monoisotopic (exact) mass is 277 g/mol. The summed E-state index contributed by atoms with van der Waals surface area (Å²) in [5, 5.41) is 0. The van der Waals surface area contributed by atoms with Crippen molar-refractivity contribution in [2.45, 2.75) is 16.2 Å². The minimum absolute atomic E-state index is 0.00121. The van der Waals surface area contributed by atoms with Gasteiger partial charge in [-0.25, -0.2) is 16.8 Å². The Labute approximate surface area is 101 Å². The first-order valence-corrected chi connectivity index (χ1v) is 8.67. The molecule has 0 saturated heterocycles. The second kappa shape index (κ2) is 4.75. The Balaban J connectivity index is 3.51. The standard InChI is InChI=1S/C10H15NO4S2/c1-16(12,13)9-4-3-8(5-6-11)10(7-9)17(2,14)15/h3-4,7H,5-6,11H2,1-2H3. The summed E-state index contributed by atoms with van der Waals surface area (Å²) < 4.78 is 45.9. The highest BCUT2D eigenvalue weighted by atomic mass is 32.2. The van der Waals surface area contributed by atoms with Crippen LogP contribution in [-0.4, -0.2) is 35.9 Å². The predicted molar refractivity (Wildman–Crippen MR) is 65.4 cm³/mol. The van der Waals surface area contributed by atoms with Gasteiger partial charge in [0.2, 0.25) is 0 Å². The van der Waals surface area contributed by atoms with E-state index in [2.05, 4.69) is 0 Å². The van der Waals surface area contributed by atoms with Crippen molar-refractivity contribution in [1.82, 2.24) is 0 Å². The minimum Gasteiger partial charge on any atom is -0.330 e. The molecule has 0 aromatic heterocycles. The topological polar surface area (TPSA) is 94.3 Å². The number of rotatable bonds is 4. The molecule has 0 bridgehead atoms. The third-order valence-electron chi connectivity index (χ3n) is 2.28. The van der Waals surface area contributed by atoms with Crippen LogP contribution in [-0.2, 0) is 26.1 Å². The molecule has 0 saturated carbocycles. The Hall–Kier alpha value is -0.920. The Morgan fingerprint density at radius 1 is 1.06 bits per heavy atom. The van der Waals surface area contributed by atoms with Gasteiger partial charge in [-0.1, -0.05) is 6.07 Å². The van der Waals surface area contributed by atoms with Crippen molar-refractivity contribution in [2.24, 2.45) is 5.73 Å². The molecule has 96 valence electrons. The SMILES string of the molecule is CS(=O)(=O)c1ccc(CCN)c(S(C)(=O)=O)c1. The van der Waals surface area contributed by atoms with E-state index in [4.69, 9.17) is 5.73 Å². The first kappa shape index (κ1) is 14.1. The average Bonchev–Trinajstić information content (AvgIpc) is 2.15. The highest BCUT2D eigenvalue weighted by Gasteiger charge is 2.17. The first-order valence-electron chi connectivity index (χ1n) is 4.89. The third kappa shape index (κ3) is 3.52. The molecule has 5 nitrogen and oxygen atoms in total. The molecule has 1 aromatic rings. The maximum Gasteiger partial charge on any atom is 0.175 e. The van der Waals surface area contributed by atoms with Gasteiger partial charge >= 0.3 is 0 Å². The van der Waals surface area contributed by atoms with Crippen LogP contribution in [0.4, 0.5) is 0 Å². The van der Waals surface area contributed by atoms with Crippen LogP contribution in [0.15, 0.2) is 28.0 Å². The maximum absolute atomic E-state index is 11.6. The largest absolute Gasteiger partial charge is 0.330 e. The van der Waals surface area contributed by atoms with Gasteiger partial charge < -0.3 is 5.73 Å². The second-order valence-corrected chi connectivity index (χ2v) is 7.85. The molecule has 1 aromatic carbocycles. The molecule has 2 N–H and O–H groups in total. The van der Waals surface area contributed by atoms with Crippen LogP contribution in [0.5, 0.6) is 0 Å². The van der Waals surface area contributed by atoms with Crippen molar-refractivity contribution >= 4 is 19.7 Å². The molecule has 0 spiro atoms. The molecule has 0 radical (unpaired) electrons. The van der Waals surface area contributed by atoms with Crippen LogP contribution in [0.2, 0.25) is 0 Å². The quantitative estimate of drug-likeness (QED) is 0.835. The molecule has 0 aliphatic rings. The second-order valence-electron chi connectivity index (χ2n) is 3.85. The summed E-state index contributed by atoms with van der Waals surface area (Å²) in [6.07, 6.45) is 2.48. The molecule has 0 atom stereocenters. The molecule has 0 fully saturated rings. The average molecular weight is 277 g/mol. The first-order chi connectivity index (χ1) is 7.66. The van der Waals surface area contributed by atoms with Crippen LogP contribution < -0.4 is 5.73 Å². The Morgan fingerprint density at radius 2 is 1.65 bits per heavy atom. The van der Waals surface area contributed by atoms with Crippen LogP contribution in [0.3, 0.4) is 0 Å². The molecule has 7 heteroatoms. The van der Waals surface area contributed by atoms with E-state index in [0.717, 1.165) is 12.5 Å². The molecular formula is C10H15NO4S2. The van der Waals surface area contributed by atoms with Crippen LogP contribution in [0.1, 0.15) is 5.56 Å². The summed E-state index contributed by atoms with van der Waals surface area (Å²) in [6.45, 7) is 0.306. The molecule has 1 rings (SSSR count). The highest BCUT2D eigenvalue weighted by Crippen LogP contribution is 2.21. The van der Waals surface area contributed by atoms with E-state index in [1.165, 1.54) is 18.2 Å². The van der Waals surface area contributed by atoms with Crippen molar-refractivity contribution in [3.63, 3.8) is 0 Å². The lowest BCUT2D eigenvalue weighted by molar-refractivity contribution is 0.599. The normalized spacial score (nSPS) is 12.6. The van der Waals surface area contributed by atoms with Gasteiger partial charge in [-0.05, 0) is 30.7 Å². The molecule has 0 amide bonds. The molecule has 0 unspecified atom stereocenters. The third-order valence-corrected chi connectivity index (χ3v) is 4.57. The summed E-state index contributed by atoms with van der Waals surface area (Å²) in [5.74, 6) is 0. The van der Waals surface area contributed by atoms with Crippen LogP contribution in [0, 0.1) is 0 Å². The predicted octanol–water partition coefficient (Wildman–Crippen LogP) is -0.00520. The van der Waals surface area contributed by atoms with Gasteiger partial charge in [0, 0.05) is 12.5 Å². The lowest BCUT2D eigenvalue weighted by atomic mass is 10.1. The summed E-state index contributed by atoms with van der Waals surface area (Å²) in [4.78, 5) is 0.0320. The zero-order chi connectivity index (χ0) is 13.3. The Bertz CT molecular complexity index is 618. The van der Waals surface area contributed by atoms with E-state index in [1.807, 2.05) is 0 Å². The van der Waals surface area contributed by atoms with Crippen molar-refractivity contribution in [3.05, 3.63) is 23.8 Å². The zero-order valence-electron chi connectivity index (χ0n) is 9.67. The number of hydrogen-bond donors (Lipinski definition) is 1. The van der Waals surface area contributed by atoms with Gasteiger partial charge in [0.15, 0.2) is 19.7 Å². The number of sulfone groups is 2. The lowest BCUT2D eigenvalue weighted by Gasteiger charge is -2.08. The van der Waals surface area contributed by atoms with E-state index in [9.17, 15) is 16.8 Å². The van der Waals surface area contributed by atoms with E-state index >= 15 is 0 Å². The number of benzene rings is 1. The summed E-state index contributed by atoms with van der Waals surface area (Å²) in [7, 11) is -6.87. The lowest BCUT2D eigenvalue weighted by Crippen LogP contribution is -2.10. The van der Waals surface area contributed by atoms with E-state index in [1.54, 1.807) is 0 Å². The van der Waals surface area contributed by atoms with Gasteiger partial charge in [0.1, 0.15) is 0 Å². The Morgan fingerprint density at radius 3 is 2.06 bits per heavy atom. The molecule has 17 heavy (non-hydrogen) atoms. The van der Waals surface area contributed by atoms with Gasteiger partial charge in [-0.15, -0.1) is 0 Å². The summed E-state index contributed by atoms with van der Waals surface area (Å²) in [6, 6.07) is 4.09. The van der Waals surface area contributed by atoms with Crippen molar-refractivity contribution in [1.29, 1.82) is 0 Å². The van der Waals surface area contributed by atoms with Crippen molar-refractivity contribution in [2.75, 3.05) is 19.1 Å². The summed E-state index contributed by atoms with van der Waals surface area (Å²) in [5.41, 5.74) is 5.93. The van der Waals surface area contributed by atoms with E-state index in [0.29, 0.717) is 18.5 Å². The fourth-order valence-electron chi connectivity index (χ4n) is 1.47. The van der Waals surface area contributed by atoms with Crippen LogP contribution >= 0.6 is 0 Å². The zero-order valence-corrected chi connectivity index (χ0v) is 11.3. The van der Waals surface area contributed by atoms with E-state index in [-0.39, 0.29) is 9.79 Å². The van der Waals surface area contributed by atoms with Gasteiger partial charge in [0.05, 0.1) is 9.79 Å². The fourth-order valence-corrected chi connectivity index (χ4v) is 3.18. The van der Waals surface area contributed by atoms with E-state index < -0.39 is 19.7 Å². The fraction of sp³-hybridized carbons (Fsp3) is 0.400. The highest BCUT2D eigenvalue weighted by molar-refractivity contribution is 7.91. The smallest absolute Gasteiger partial charge is 0.175 e. The molecule has 0 aliphatic carbocycles. The van der Waals surface area contributed by atoms with Gasteiger partial charge in [-0.2, -0.15) is 0 Å². The summed E-state index contributed by atoms with van der Waals surface area (Å²) >= 11 is 0. The number of nitrogens with two attached hydrogens (primary N) is 1. The van der Waals surface area contributed by atoms with Crippen LogP contribution in [0.25, 0.3) is 0 Å². The molecular weight excluding hydrogens is 262 g/mol. The molecule has 0 heterocycles. The minimum atomic E-state index is -3.46.